The van der Waals surface area contributed by atoms with Crippen molar-refractivity contribution in [1.82, 2.24) is 0 Å². The first-order valence-electron chi connectivity index (χ1n) is 9.57. The average Bonchev–Trinajstić information content (AvgIpc) is 3.08. The van der Waals surface area contributed by atoms with Gasteiger partial charge in [-0.3, -0.25) is 0 Å². The topological polar surface area (TPSA) is 54.0 Å². The molecule has 0 saturated carbocycles. The molecule has 2 aliphatic heterocycles. The van der Waals surface area contributed by atoms with Crippen molar-refractivity contribution < 1.29 is 23.7 Å². The molecule has 5 nitrogen and oxygen atoms in total. The molecular formula is C24H22O5. The van der Waals surface area contributed by atoms with E-state index >= 15 is 0 Å². The molecule has 0 radical (unpaired) electrons. The van der Waals surface area contributed by atoms with Crippen LogP contribution >= 0.6 is 0 Å². The predicted molar refractivity (Wildman–Crippen MR) is 108 cm³/mol. The summed E-state index contributed by atoms with van der Waals surface area (Å²) in [5.41, 5.74) is 0.549. The fourth-order valence-corrected chi connectivity index (χ4v) is 4.46. The fourth-order valence-electron chi connectivity index (χ4n) is 4.46. The second-order valence-corrected chi connectivity index (χ2v) is 8.07. The van der Waals surface area contributed by atoms with Gasteiger partial charge in [-0.25, -0.2) is 4.79 Å². The normalized spacial score (nSPS) is 24.1. The monoisotopic (exact) mass is 390 g/mol. The maximum absolute atomic E-state index is 13.3. The standard InChI is InChI=1S/C24H22O5/c1-23(2)17-12-19(26-3)20(27-4)13-18(17)24(21(25)28-22(23)29-24)16-10-9-14-7-5-6-8-15(14)11-16/h5-13,22H,1-4H3. The number of carbonyl (C=O) groups excluding carboxylic acids is 1. The maximum atomic E-state index is 13.3. The molecule has 0 amide bonds. The summed E-state index contributed by atoms with van der Waals surface area (Å²) in [5, 5.41) is 2.13. The Morgan fingerprint density at radius 3 is 2.21 bits per heavy atom. The van der Waals surface area contributed by atoms with E-state index in [9.17, 15) is 4.79 Å². The number of benzene rings is 3. The molecule has 148 valence electrons. The molecule has 3 aromatic carbocycles. The van der Waals surface area contributed by atoms with Crippen LogP contribution in [0.3, 0.4) is 0 Å². The molecule has 1 saturated heterocycles. The summed E-state index contributed by atoms with van der Waals surface area (Å²) in [6, 6.07) is 17.7. The molecule has 29 heavy (non-hydrogen) atoms. The zero-order chi connectivity index (χ0) is 20.4. The Balaban J connectivity index is 1.83. The van der Waals surface area contributed by atoms with Gasteiger partial charge in [-0.2, -0.15) is 0 Å². The third-order valence-corrected chi connectivity index (χ3v) is 6.13. The first-order valence-corrected chi connectivity index (χ1v) is 9.57. The van der Waals surface area contributed by atoms with E-state index in [1.807, 2.05) is 68.4 Å². The van der Waals surface area contributed by atoms with E-state index in [2.05, 4.69) is 0 Å². The van der Waals surface area contributed by atoms with Crippen molar-refractivity contribution in [3.05, 3.63) is 71.3 Å². The van der Waals surface area contributed by atoms with E-state index in [-0.39, 0.29) is 0 Å². The van der Waals surface area contributed by atoms with Crippen molar-refractivity contribution >= 4 is 16.7 Å². The number of hydrogen-bond acceptors (Lipinski definition) is 5. The number of hydrogen-bond donors (Lipinski definition) is 0. The highest BCUT2D eigenvalue weighted by atomic mass is 16.8. The lowest BCUT2D eigenvalue weighted by Crippen LogP contribution is -2.45. The molecule has 5 heteroatoms. The van der Waals surface area contributed by atoms with Crippen LogP contribution < -0.4 is 9.47 Å². The molecule has 0 N–H and O–H groups in total. The lowest BCUT2D eigenvalue weighted by molar-refractivity contribution is -0.149. The van der Waals surface area contributed by atoms with Crippen LogP contribution in [0.25, 0.3) is 10.8 Å². The van der Waals surface area contributed by atoms with Crippen LogP contribution in [0.5, 0.6) is 11.5 Å². The lowest BCUT2D eigenvalue weighted by atomic mass is 9.72. The maximum Gasteiger partial charge on any atom is 0.350 e. The first-order chi connectivity index (χ1) is 13.9. The quantitative estimate of drug-likeness (QED) is 0.625. The third-order valence-electron chi connectivity index (χ3n) is 6.13. The molecule has 2 bridgehead atoms. The van der Waals surface area contributed by atoms with Gasteiger partial charge in [-0.15, -0.1) is 0 Å². The number of ether oxygens (including phenoxy) is 4. The Morgan fingerprint density at radius 1 is 0.862 bits per heavy atom. The SMILES string of the molecule is COc1cc2c(cc1OC)C(C)(C)C1OC(=O)C2(c2ccc3ccccc3c2)O1. The smallest absolute Gasteiger partial charge is 0.350 e. The van der Waals surface area contributed by atoms with E-state index in [0.717, 1.165) is 27.5 Å². The van der Waals surface area contributed by atoms with Gasteiger partial charge in [0, 0.05) is 11.1 Å². The zero-order valence-electron chi connectivity index (χ0n) is 16.8. The van der Waals surface area contributed by atoms with Crippen LogP contribution in [-0.4, -0.2) is 26.5 Å². The van der Waals surface area contributed by atoms with Gasteiger partial charge < -0.3 is 18.9 Å². The van der Waals surface area contributed by atoms with E-state index in [4.69, 9.17) is 18.9 Å². The summed E-state index contributed by atoms with van der Waals surface area (Å²) in [7, 11) is 3.18. The minimum atomic E-state index is -1.33. The number of esters is 1. The first kappa shape index (κ1) is 18.0. The summed E-state index contributed by atoms with van der Waals surface area (Å²) in [6.45, 7) is 4.01. The van der Waals surface area contributed by atoms with Crippen LogP contribution in [0.15, 0.2) is 54.6 Å². The molecule has 0 spiro atoms. The van der Waals surface area contributed by atoms with Gasteiger partial charge >= 0.3 is 5.97 Å². The van der Waals surface area contributed by atoms with Crippen molar-refractivity contribution in [2.45, 2.75) is 31.2 Å². The number of fused-ring (bicyclic) bond motifs is 5. The highest BCUT2D eigenvalue weighted by Gasteiger charge is 2.63. The molecule has 2 aliphatic rings. The largest absolute Gasteiger partial charge is 0.493 e. The van der Waals surface area contributed by atoms with E-state index in [0.29, 0.717) is 11.5 Å². The van der Waals surface area contributed by atoms with Crippen LogP contribution in [0.1, 0.15) is 30.5 Å². The van der Waals surface area contributed by atoms with Crippen molar-refractivity contribution in [3.63, 3.8) is 0 Å². The van der Waals surface area contributed by atoms with Gasteiger partial charge in [0.15, 0.2) is 11.5 Å². The van der Waals surface area contributed by atoms with Crippen molar-refractivity contribution in [1.29, 1.82) is 0 Å². The average molecular weight is 390 g/mol. The van der Waals surface area contributed by atoms with Gasteiger partial charge in [-0.05, 0) is 48.4 Å². The summed E-state index contributed by atoms with van der Waals surface area (Å²) in [6.07, 6.45) is -0.688. The lowest BCUT2D eigenvalue weighted by Gasteiger charge is -2.40. The van der Waals surface area contributed by atoms with Crippen LogP contribution in [0, 0.1) is 0 Å². The zero-order valence-corrected chi connectivity index (χ0v) is 16.8. The van der Waals surface area contributed by atoms with Crippen molar-refractivity contribution in [2.75, 3.05) is 14.2 Å². The van der Waals surface area contributed by atoms with E-state index in [1.54, 1.807) is 14.2 Å². The highest BCUT2D eigenvalue weighted by Crippen LogP contribution is 2.55. The van der Waals surface area contributed by atoms with Crippen molar-refractivity contribution in [3.8, 4) is 11.5 Å². The summed E-state index contributed by atoms with van der Waals surface area (Å²) < 4.78 is 23.2. The Bertz CT molecular complexity index is 1150. The minimum Gasteiger partial charge on any atom is -0.493 e. The molecule has 0 aromatic heterocycles. The van der Waals surface area contributed by atoms with Crippen molar-refractivity contribution in [2.24, 2.45) is 0 Å². The Kier molecular flexibility index (Phi) is 3.71. The molecular weight excluding hydrogens is 368 g/mol. The Labute approximate surface area is 169 Å². The molecule has 0 aliphatic carbocycles. The van der Waals surface area contributed by atoms with Crippen LogP contribution in [0.4, 0.5) is 0 Å². The van der Waals surface area contributed by atoms with Gasteiger partial charge in [0.25, 0.3) is 0 Å². The molecule has 3 aromatic rings. The van der Waals surface area contributed by atoms with Gasteiger partial charge in [0.05, 0.1) is 19.6 Å². The Morgan fingerprint density at radius 2 is 1.52 bits per heavy atom. The molecule has 2 unspecified atom stereocenters. The number of carbonyl (C=O) groups is 1. The van der Waals surface area contributed by atoms with E-state index in [1.165, 1.54) is 0 Å². The fraction of sp³-hybridized carbons (Fsp3) is 0.292. The van der Waals surface area contributed by atoms with Crippen LogP contribution in [0.2, 0.25) is 0 Å². The number of methoxy groups -OCH3 is 2. The molecule has 2 atom stereocenters. The summed E-state index contributed by atoms with van der Waals surface area (Å²) in [4.78, 5) is 13.3. The second-order valence-electron chi connectivity index (χ2n) is 8.07. The predicted octanol–water partition coefficient (Wildman–Crippen LogP) is 4.29. The van der Waals surface area contributed by atoms with Gasteiger partial charge in [0.1, 0.15) is 0 Å². The molecule has 1 fully saturated rings. The highest BCUT2D eigenvalue weighted by molar-refractivity contribution is 5.92. The summed E-state index contributed by atoms with van der Waals surface area (Å²) >= 11 is 0. The molecule has 2 heterocycles. The Hall–Kier alpha value is -3.05. The van der Waals surface area contributed by atoms with Gasteiger partial charge in [-0.1, -0.05) is 36.4 Å². The van der Waals surface area contributed by atoms with Crippen LogP contribution in [-0.2, 0) is 25.3 Å². The van der Waals surface area contributed by atoms with E-state index < -0.39 is 23.3 Å². The second kappa shape index (κ2) is 5.97. The minimum absolute atomic E-state index is 0.406. The molecule has 5 rings (SSSR count). The summed E-state index contributed by atoms with van der Waals surface area (Å²) in [5.74, 6) is 0.752. The van der Waals surface area contributed by atoms with Gasteiger partial charge in [0.2, 0.25) is 11.9 Å². The number of rotatable bonds is 3. The third kappa shape index (κ3) is 2.28.